The summed E-state index contributed by atoms with van der Waals surface area (Å²) in [5.74, 6) is -0.131. The highest BCUT2D eigenvalue weighted by Gasteiger charge is 2.08. The molecular weight excluding hydrogens is 382 g/mol. The van der Waals surface area contributed by atoms with Crippen LogP contribution in [0.2, 0.25) is 0 Å². The first-order valence-electron chi connectivity index (χ1n) is 7.90. The minimum absolute atomic E-state index is 0.00000614. The first-order valence-corrected chi connectivity index (χ1v) is 8.69. The van der Waals surface area contributed by atoms with Crippen molar-refractivity contribution in [3.8, 4) is 0 Å². The van der Waals surface area contributed by atoms with Crippen LogP contribution in [0.4, 0.5) is 0 Å². The average Bonchev–Trinajstić information content (AvgIpc) is 2.58. The summed E-state index contributed by atoms with van der Waals surface area (Å²) in [5.41, 5.74) is 7.87. The predicted octanol–water partition coefficient (Wildman–Crippen LogP) is 2.94. The molecule has 0 unspecified atom stereocenters. The number of carbonyl (C=O) groups excluding carboxylic acids is 2. The molecule has 0 aromatic heterocycles. The van der Waals surface area contributed by atoms with Crippen LogP contribution in [-0.4, -0.2) is 17.5 Å². The van der Waals surface area contributed by atoms with Crippen molar-refractivity contribution in [2.24, 2.45) is 5.73 Å². The van der Waals surface area contributed by atoms with Crippen molar-refractivity contribution in [1.82, 2.24) is 5.32 Å². The summed E-state index contributed by atoms with van der Waals surface area (Å²) < 4.78 is 0.963. The molecular formula is C19H20BrN3O2. The molecule has 0 saturated carbocycles. The van der Waals surface area contributed by atoms with Crippen LogP contribution in [0.1, 0.15) is 29.5 Å². The van der Waals surface area contributed by atoms with Crippen molar-refractivity contribution >= 4 is 33.5 Å². The van der Waals surface area contributed by atoms with E-state index in [1.54, 1.807) is 24.3 Å². The number of nitrogens with two attached hydrogens (primary N) is 1. The van der Waals surface area contributed by atoms with Gasteiger partial charge < -0.3 is 11.1 Å². The van der Waals surface area contributed by atoms with E-state index in [1.807, 2.05) is 24.3 Å². The Kier molecular flexibility index (Phi) is 6.89. The molecule has 0 spiro atoms. The second-order valence-electron chi connectivity index (χ2n) is 5.73. The second-order valence-corrected chi connectivity index (χ2v) is 6.65. The van der Waals surface area contributed by atoms with Crippen LogP contribution in [0.25, 0.3) is 0 Å². The lowest BCUT2D eigenvalue weighted by Crippen LogP contribution is -2.23. The third kappa shape index (κ3) is 6.51. The smallest absolute Gasteiger partial charge is 0.220 e. The Labute approximate surface area is 155 Å². The van der Waals surface area contributed by atoms with Gasteiger partial charge in [-0.1, -0.05) is 52.3 Å². The number of nitrogen functional groups attached to an aromatic ring is 1. The predicted molar refractivity (Wildman–Crippen MR) is 101 cm³/mol. The van der Waals surface area contributed by atoms with Crippen LogP contribution < -0.4 is 11.1 Å². The van der Waals surface area contributed by atoms with Gasteiger partial charge >= 0.3 is 0 Å². The number of halogens is 1. The van der Waals surface area contributed by atoms with Crippen LogP contribution >= 0.6 is 15.9 Å². The fourth-order valence-corrected chi connectivity index (χ4v) is 2.75. The zero-order valence-electron chi connectivity index (χ0n) is 13.7. The standard InChI is InChI=1S/C19H20BrN3O2/c20-16-3-1-2-14(10-16)12-23-18(25)9-8-17(24)11-13-4-6-15(7-5-13)19(21)22/h1-7,10H,8-9,11-12H2,(H3,21,22)(H,23,25). The maximum atomic E-state index is 12.0. The molecule has 0 bridgehead atoms. The summed E-state index contributed by atoms with van der Waals surface area (Å²) in [6.45, 7) is 0.443. The minimum atomic E-state index is -0.139. The van der Waals surface area contributed by atoms with E-state index in [9.17, 15) is 9.59 Å². The van der Waals surface area contributed by atoms with E-state index in [-0.39, 0.29) is 36.8 Å². The highest BCUT2D eigenvalue weighted by Crippen LogP contribution is 2.11. The van der Waals surface area contributed by atoms with Crippen LogP contribution in [0.5, 0.6) is 0 Å². The number of amidine groups is 1. The molecule has 1 amide bonds. The third-order valence-corrected chi connectivity index (χ3v) is 4.17. The van der Waals surface area contributed by atoms with Gasteiger partial charge in [-0.3, -0.25) is 15.0 Å². The molecule has 5 nitrogen and oxygen atoms in total. The van der Waals surface area contributed by atoms with Crippen LogP contribution in [0.15, 0.2) is 53.0 Å². The molecule has 0 fully saturated rings. The fourth-order valence-electron chi connectivity index (χ4n) is 2.31. The molecule has 2 aromatic carbocycles. The number of Topliss-reactive ketones (excluding diaryl/α,β-unsaturated/α-hetero) is 1. The van der Waals surface area contributed by atoms with Crippen molar-refractivity contribution in [2.45, 2.75) is 25.8 Å². The second kappa shape index (κ2) is 9.13. The largest absolute Gasteiger partial charge is 0.384 e. The van der Waals surface area contributed by atoms with E-state index >= 15 is 0 Å². The number of hydrogen-bond donors (Lipinski definition) is 3. The fraction of sp³-hybridized carbons (Fsp3) is 0.211. The van der Waals surface area contributed by atoms with Gasteiger partial charge in [0, 0.05) is 35.8 Å². The number of rotatable bonds is 8. The SMILES string of the molecule is N=C(N)c1ccc(CC(=O)CCC(=O)NCc2cccc(Br)c2)cc1. The van der Waals surface area contributed by atoms with Gasteiger partial charge in [0.05, 0.1) is 0 Å². The van der Waals surface area contributed by atoms with Gasteiger partial charge in [0.25, 0.3) is 0 Å². The van der Waals surface area contributed by atoms with E-state index in [0.29, 0.717) is 12.1 Å². The van der Waals surface area contributed by atoms with Crippen molar-refractivity contribution < 1.29 is 9.59 Å². The zero-order chi connectivity index (χ0) is 18.2. The Bertz CT molecular complexity index is 772. The number of benzene rings is 2. The number of amides is 1. The Balaban J connectivity index is 1.73. The molecule has 0 atom stereocenters. The number of carbonyl (C=O) groups is 2. The normalized spacial score (nSPS) is 10.3. The topological polar surface area (TPSA) is 96.0 Å². The van der Waals surface area contributed by atoms with Crippen molar-refractivity contribution in [1.29, 1.82) is 5.41 Å². The van der Waals surface area contributed by atoms with Gasteiger partial charge in [-0.2, -0.15) is 0 Å². The molecule has 130 valence electrons. The molecule has 0 aliphatic carbocycles. The number of ketones is 1. The summed E-state index contributed by atoms with van der Waals surface area (Å²) in [7, 11) is 0. The van der Waals surface area contributed by atoms with Crippen LogP contribution in [-0.2, 0) is 22.6 Å². The molecule has 0 aliphatic heterocycles. The maximum absolute atomic E-state index is 12.0. The molecule has 0 saturated heterocycles. The first-order chi connectivity index (χ1) is 11.9. The molecule has 6 heteroatoms. The highest BCUT2D eigenvalue weighted by molar-refractivity contribution is 9.10. The van der Waals surface area contributed by atoms with Crippen molar-refractivity contribution in [3.05, 3.63) is 69.7 Å². The highest BCUT2D eigenvalue weighted by atomic mass is 79.9. The molecule has 25 heavy (non-hydrogen) atoms. The third-order valence-electron chi connectivity index (χ3n) is 3.68. The zero-order valence-corrected chi connectivity index (χ0v) is 15.3. The molecule has 0 radical (unpaired) electrons. The van der Waals surface area contributed by atoms with Crippen molar-refractivity contribution in [2.75, 3.05) is 0 Å². The maximum Gasteiger partial charge on any atom is 0.220 e. The van der Waals surface area contributed by atoms with E-state index in [2.05, 4.69) is 21.2 Å². The average molecular weight is 402 g/mol. The summed E-state index contributed by atoms with van der Waals surface area (Å²) in [5, 5.41) is 10.2. The Morgan fingerprint density at radius 3 is 2.40 bits per heavy atom. The van der Waals surface area contributed by atoms with Crippen LogP contribution in [0.3, 0.4) is 0 Å². The minimum Gasteiger partial charge on any atom is -0.384 e. The van der Waals surface area contributed by atoms with E-state index in [4.69, 9.17) is 11.1 Å². The summed E-state index contributed by atoms with van der Waals surface area (Å²) in [4.78, 5) is 23.9. The Hall–Kier alpha value is -2.47. The van der Waals surface area contributed by atoms with E-state index in [1.165, 1.54) is 0 Å². The number of hydrogen-bond acceptors (Lipinski definition) is 3. The lowest BCUT2D eigenvalue weighted by molar-refractivity contribution is -0.125. The van der Waals surface area contributed by atoms with Gasteiger partial charge in [-0.15, -0.1) is 0 Å². The monoisotopic (exact) mass is 401 g/mol. The van der Waals surface area contributed by atoms with Gasteiger partial charge in [0.1, 0.15) is 11.6 Å². The molecule has 2 rings (SSSR count). The summed E-state index contributed by atoms with van der Waals surface area (Å²) in [6, 6.07) is 14.7. The van der Waals surface area contributed by atoms with E-state index < -0.39 is 0 Å². The first kappa shape index (κ1) is 18.9. The van der Waals surface area contributed by atoms with Gasteiger partial charge in [-0.25, -0.2) is 0 Å². The van der Waals surface area contributed by atoms with Gasteiger partial charge in [0.2, 0.25) is 5.91 Å². The molecule has 4 N–H and O–H groups in total. The molecule has 0 heterocycles. The Morgan fingerprint density at radius 1 is 1.04 bits per heavy atom. The Morgan fingerprint density at radius 2 is 1.76 bits per heavy atom. The summed E-state index contributed by atoms with van der Waals surface area (Å²) >= 11 is 3.39. The number of nitrogens with one attached hydrogen (secondary N) is 2. The van der Waals surface area contributed by atoms with Gasteiger partial charge in [-0.05, 0) is 23.3 Å². The lowest BCUT2D eigenvalue weighted by Gasteiger charge is -2.06. The lowest BCUT2D eigenvalue weighted by atomic mass is 10.0. The quantitative estimate of drug-likeness (QED) is 0.468. The van der Waals surface area contributed by atoms with Gasteiger partial charge in [0.15, 0.2) is 0 Å². The van der Waals surface area contributed by atoms with E-state index in [0.717, 1.165) is 15.6 Å². The van der Waals surface area contributed by atoms with Crippen LogP contribution in [0, 0.1) is 5.41 Å². The summed E-state index contributed by atoms with van der Waals surface area (Å²) in [6.07, 6.45) is 0.661. The molecule has 2 aromatic rings. The molecule has 0 aliphatic rings. The van der Waals surface area contributed by atoms with Crippen molar-refractivity contribution in [3.63, 3.8) is 0 Å².